The molecule has 0 saturated carbocycles. The van der Waals surface area contributed by atoms with E-state index in [0.29, 0.717) is 25.8 Å². The number of hydrogen-bond donors (Lipinski definition) is 2. The first-order chi connectivity index (χ1) is 16.2. The SMILES string of the molecule is CO[C@@H]1c2cc(N3CCCC3=O)ccc2O[C@H](C(CCn2cc(CCO)nn2)[Si](C)(C)O)[C@H]1C. The molecule has 9 nitrogen and oxygen atoms in total. The molecular formula is C24H36N4O5Si. The van der Waals surface area contributed by atoms with Crippen LogP contribution in [0.5, 0.6) is 5.75 Å². The van der Waals surface area contributed by atoms with Crippen molar-refractivity contribution in [1.29, 1.82) is 0 Å². The van der Waals surface area contributed by atoms with Crippen molar-refractivity contribution in [2.75, 3.05) is 25.2 Å². The number of carbonyl (C=O) groups is 1. The van der Waals surface area contributed by atoms with Gasteiger partial charge >= 0.3 is 0 Å². The molecule has 1 aromatic carbocycles. The summed E-state index contributed by atoms with van der Waals surface area (Å²) in [5, 5.41) is 17.4. The van der Waals surface area contributed by atoms with E-state index in [1.165, 1.54) is 0 Å². The Morgan fingerprint density at radius 3 is 2.79 bits per heavy atom. The van der Waals surface area contributed by atoms with E-state index in [9.17, 15) is 9.59 Å². The summed E-state index contributed by atoms with van der Waals surface area (Å²) in [7, 11) is -0.914. The number of ether oxygens (including phenoxy) is 2. The minimum absolute atomic E-state index is 0.00616. The van der Waals surface area contributed by atoms with E-state index >= 15 is 0 Å². The van der Waals surface area contributed by atoms with Crippen LogP contribution in [-0.4, -0.2) is 65.5 Å². The van der Waals surface area contributed by atoms with Gasteiger partial charge < -0.3 is 24.3 Å². The molecule has 4 atom stereocenters. The van der Waals surface area contributed by atoms with E-state index in [-0.39, 0.29) is 36.2 Å². The number of aliphatic hydroxyl groups is 1. The van der Waals surface area contributed by atoms with Crippen LogP contribution in [0.15, 0.2) is 24.4 Å². The van der Waals surface area contributed by atoms with Gasteiger partial charge in [-0.25, -0.2) is 0 Å². The first-order valence-electron chi connectivity index (χ1n) is 12.1. The fourth-order valence-electron chi connectivity index (χ4n) is 5.32. The number of benzene rings is 1. The molecule has 0 bridgehead atoms. The summed E-state index contributed by atoms with van der Waals surface area (Å²) in [5.41, 5.74) is 2.53. The van der Waals surface area contributed by atoms with Crippen LogP contribution in [-0.2, 0) is 22.5 Å². The molecule has 186 valence electrons. The first-order valence-corrected chi connectivity index (χ1v) is 15.1. The summed E-state index contributed by atoms with van der Waals surface area (Å²) in [4.78, 5) is 25.3. The third kappa shape index (κ3) is 5.05. The van der Waals surface area contributed by atoms with E-state index in [0.717, 1.165) is 35.7 Å². The largest absolute Gasteiger partial charge is 0.490 e. The van der Waals surface area contributed by atoms with Crippen molar-refractivity contribution >= 4 is 19.9 Å². The highest BCUT2D eigenvalue weighted by Crippen LogP contribution is 2.47. The first kappa shape index (κ1) is 24.8. The molecule has 0 spiro atoms. The number of nitrogens with zero attached hydrogens (tertiary/aromatic N) is 4. The molecule has 2 N–H and O–H groups in total. The summed E-state index contributed by atoms with van der Waals surface area (Å²) in [6, 6.07) is 5.90. The molecule has 3 heterocycles. The Morgan fingerprint density at radius 2 is 2.15 bits per heavy atom. The molecule has 0 aliphatic carbocycles. The number of aliphatic hydroxyl groups excluding tert-OH is 1. The Bertz CT molecular complexity index is 1010. The van der Waals surface area contributed by atoms with Gasteiger partial charge in [-0.2, -0.15) is 0 Å². The fourth-order valence-corrected chi connectivity index (χ4v) is 7.33. The van der Waals surface area contributed by atoms with Crippen molar-refractivity contribution in [2.45, 2.75) is 70.0 Å². The minimum atomic E-state index is -2.62. The molecule has 1 fully saturated rings. The van der Waals surface area contributed by atoms with Gasteiger partial charge in [0.05, 0.1) is 11.8 Å². The van der Waals surface area contributed by atoms with Crippen LogP contribution in [0, 0.1) is 5.92 Å². The highest BCUT2D eigenvalue weighted by molar-refractivity contribution is 6.71. The number of rotatable bonds is 9. The quantitative estimate of drug-likeness (QED) is 0.522. The maximum Gasteiger partial charge on any atom is 0.227 e. The zero-order chi connectivity index (χ0) is 24.5. The lowest BCUT2D eigenvalue weighted by atomic mass is 9.86. The van der Waals surface area contributed by atoms with Gasteiger partial charge in [0.25, 0.3) is 0 Å². The highest BCUT2D eigenvalue weighted by atomic mass is 28.4. The standard InChI is InChI=1S/C24H36N4O5Si/c1-16-23(32-2)19-14-18(28-11-5-6-22(28)30)7-8-20(19)33-24(16)21(34(3,4)31)9-12-27-15-17(10-13-29)25-26-27/h7-8,14-16,21,23-24,29,31H,5-6,9-13H2,1-4H3/t16-,21?,23-,24-/m0/s1. The third-order valence-electron chi connectivity index (χ3n) is 7.12. The van der Waals surface area contributed by atoms with E-state index in [1.54, 1.807) is 11.8 Å². The summed E-state index contributed by atoms with van der Waals surface area (Å²) >= 11 is 0. The number of hydrogen-bond acceptors (Lipinski definition) is 7. The lowest BCUT2D eigenvalue weighted by molar-refractivity contribution is -0.117. The summed E-state index contributed by atoms with van der Waals surface area (Å²) in [5.74, 6) is 0.908. The zero-order valence-corrected chi connectivity index (χ0v) is 21.5. The minimum Gasteiger partial charge on any atom is -0.490 e. The van der Waals surface area contributed by atoms with E-state index in [4.69, 9.17) is 14.6 Å². The van der Waals surface area contributed by atoms with Gasteiger partial charge in [0, 0.05) is 68.6 Å². The zero-order valence-electron chi connectivity index (χ0n) is 20.5. The van der Waals surface area contributed by atoms with Crippen molar-refractivity contribution in [3.8, 4) is 5.75 Å². The van der Waals surface area contributed by atoms with Gasteiger partial charge in [0.15, 0.2) is 8.32 Å². The summed E-state index contributed by atoms with van der Waals surface area (Å²) < 4.78 is 14.3. The topological polar surface area (TPSA) is 110 Å². The van der Waals surface area contributed by atoms with Gasteiger partial charge in [-0.3, -0.25) is 9.48 Å². The molecule has 1 saturated heterocycles. The Hall–Kier alpha value is -2.27. The maximum atomic E-state index is 12.3. The second-order valence-electron chi connectivity index (χ2n) is 9.96. The number of aryl methyl sites for hydroxylation is 1. The average molecular weight is 489 g/mol. The predicted molar refractivity (Wildman–Crippen MR) is 130 cm³/mol. The molecule has 0 radical (unpaired) electrons. The maximum absolute atomic E-state index is 12.3. The fraction of sp³-hybridized carbons (Fsp3) is 0.625. The second-order valence-corrected chi connectivity index (χ2v) is 14.0. The van der Waals surface area contributed by atoms with Crippen molar-refractivity contribution < 1.29 is 24.2 Å². The lowest BCUT2D eigenvalue weighted by Gasteiger charge is -2.44. The van der Waals surface area contributed by atoms with Gasteiger partial charge in [0.1, 0.15) is 11.9 Å². The molecule has 1 aromatic heterocycles. The number of anilines is 1. The number of methoxy groups -OCH3 is 1. The van der Waals surface area contributed by atoms with Crippen molar-refractivity contribution in [2.24, 2.45) is 5.92 Å². The molecule has 1 amide bonds. The Kier molecular flexibility index (Phi) is 7.41. The van der Waals surface area contributed by atoms with Crippen LogP contribution in [0.3, 0.4) is 0 Å². The number of fused-ring (bicyclic) bond motifs is 1. The van der Waals surface area contributed by atoms with Crippen LogP contribution in [0.25, 0.3) is 0 Å². The van der Waals surface area contributed by atoms with Crippen LogP contribution >= 0.6 is 0 Å². The monoisotopic (exact) mass is 488 g/mol. The van der Waals surface area contributed by atoms with E-state index in [1.807, 2.05) is 42.4 Å². The third-order valence-corrected chi connectivity index (χ3v) is 9.56. The van der Waals surface area contributed by atoms with Crippen LogP contribution in [0.2, 0.25) is 18.6 Å². The molecule has 2 aliphatic heterocycles. The van der Waals surface area contributed by atoms with Gasteiger partial charge in [0.2, 0.25) is 5.91 Å². The smallest absolute Gasteiger partial charge is 0.227 e. The van der Waals surface area contributed by atoms with Crippen molar-refractivity contribution in [3.63, 3.8) is 0 Å². The molecule has 1 unspecified atom stereocenters. The van der Waals surface area contributed by atoms with E-state index in [2.05, 4.69) is 17.2 Å². The van der Waals surface area contributed by atoms with Gasteiger partial charge in [-0.05, 0) is 44.1 Å². The second kappa shape index (κ2) is 10.1. The number of amides is 1. The van der Waals surface area contributed by atoms with Crippen LogP contribution in [0.1, 0.15) is 43.5 Å². The molecular weight excluding hydrogens is 452 g/mol. The summed E-state index contributed by atoms with van der Waals surface area (Å²) in [6.07, 6.45) is 4.06. The molecule has 2 aliphatic rings. The average Bonchev–Trinajstić information content (AvgIpc) is 3.42. The number of carbonyl (C=O) groups excluding carboxylic acids is 1. The Balaban J connectivity index is 1.57. The molecule has 4 rings (SSSR count). The molecule has 10 heteroatoms. The van der Waals surface area contributed by atoms with Gasteiger partial charge in [-0.1, -0.05) is 12.1 Å². The number of aromatic nitrogens is 3. The normalized spacial score (nSPS) is 23.6. The van der Waals surface area contributed by atoms with Gasteiger partial charge in [-0.15, -0.1) is 5.10 Å². The highest BCUT2D eigenvalue weighted by Gasteiger charge is 2.46. The van der Waals surface area contributed by atoms with Crippen molar-refractivity contribution in [3.05, 3.63) is 35.7 Å². The predicted octanol–water partition coefficient (Wildman–Crippen LogP) is 2.68. The Morgan fingerprint density at radius 1 is 1.35 bits per heavy atom. The van der Waals surface area contributed by atoms with Crippen molar-refractivity contribution in [1.82, 2.24) is 15.0 Å². The summed E-state index contributed by atoms with van der Waals surface area (Å²) in [6.45, 7) is 7.39. The van der Waals surface area contributed by atoms with Crippen LogP contribution in [0.4, 0.5) is 5.69 Å². The van der Waals surface area contributed by atoms with Crippen LogP contribution < -0.4 is 9.64 Å². The molecule has 2 aromatic rings. The van der Waals surface area contributed by atoms with E-state index < -0.39 is 8.32 Å². The Labute approximate surface area is 201 Å². The lowest BCUT2D eigenvalue weighted by Crippen LogP contribution is -2.48. The molecule has 34 heavy (non-hydrogen) atoms.